The fourth-order valence-corrected chi connectivity index (χ4v) is 2.19. The van der Waals surface area contributed by atoms with E-state index in [4.69, 9.17) is 4.74 Å². The molecule has 0 fully saturated rings. The highest BCUT2D eigenvalue weighted by Gasteiger charge is 2.12. The molecule has 2 aromatic rings. The summed E-state index contributed by atoms with van der Waals surface area (Å²) in [5, 5.41) is 11.1. The summed E-state index contributed by atoms with van der Waals surface area (Å²) in [5.74, 6) is 0.392. The highest BCUT2D eigenvalue weighted by molar-refractivity contribution is 6.07. The van der Waals surface area contributed by atoms with Crippen LogP contribution in [0.15, 0.2) is 42.5 Å². The Morgan fingerprint density at radius 1 is 1.17 bits per heavy atom. The Kier molecular flexibility index (Phi) is 4.91. The lowest BCUT2D eigenvalue weighted by Gasteiger charge is -2.05. The topological polar surface area (TPSA) is 69.4 Å². The van der Waals surface area contributed by atoms with Crippen LogP contribution in [0.2, 0.25) is 0 Å². The molecule has 0 saturated heterocycles. The van der Waals surface area contributed by atoms with Gasteiger partial charge in [0.25, 0.3) is 5.69 Å². The molecular weight excluding hydrogens is 294 g/mol. The van der Waals surface area contributed by atoms with Gasteiger partial charge in [-0.2, -0.15) is 0 Å². The van der Waals surface area contributed by atoms with Crippen LogP contribution in [0.5, 0.6) is 5.75 Å². The summed E-state index contributed by atoms with van der Waals surface area (Å²) in [6, 6.07) is 10.0. The smallest absolute Gasteiger partial charge is 0.276 e. The molecule has 0 N–H and O–H groups in total. The Morgan fingerprint density at radius 3 is 2.57 bits per heavy atom. The number of ketones is 1. The third-order valence-electron chi connectivity index (χ3n) is 3.49. The third kappa shape index (κ3) is 3.83. The van der Waals surface area contributed by atoms with Crippen LogP contribution in [0.4, 0.5) is 5.69 Å². The maximum atomic E-state index is 12.2. The van der Waals surface area contributed by atoms with E-state index in [9.17, 15) is 14.9 Å². The van der Waals surface area contributed by atoms with Crippen molar-refractivity contribution >= 4 is 17.5 Å². The van der Waals surface area contributed by atoms with Crippen molar-refractivity contribution in [2.75, 3.05) is 7.11 Å². The van der Waals surface area contributed by atoms with Crippen molar-refractivity contribution in [2.45, 2.75) is 13.8 Å². The van der Waals surface area contributed by atoms with Gasteiger partial charge < -0.3 is 4.74 Å². The number of nitro groups is 1. The maximum Gasteiger partial charge on any atom is 0.276 e. The molecule has 118 valence electrons. The van der Waals surface area contributed by atoms with Gasteiger partial charge in [0.15, 0.2) is 5.78 Å². The van der Waals surface area contributed by atoms with E-state index in [0.29, 0.717) is 16.9 Å². The molecule has 0 unspecified atom stereocenters. The number of carbonyl (C=O) groups is 1. The summed E-state index contributed by atoms with van der Waals surface area (Å²) < 4.78 is 5.20. The Hall–Kier alpha value is -2.95. The molecule has 0 bridgehead atoms. The molecule has 5 heteroatoms. The largest absolute Gasteiger partial charge is 0.496 e. The Bertz CT molecular complexity index is 794. The van der Waals surface area contributed by atoms with Gasteiger partial charge in [-0.3, -0.25) is 14.9 Å². The van der Waals surface area contributed by atoms with Crippen molar-refractivity contribution in [3.63, 3.8) is 0 Å². The van der Waals surface area contributed by atoms with Gasteiger partial charge in [-0.1, -0.05) is 18.2 Å². The fourth-order valence-electron chi connectivity index (χ4n) is 2.19. The number of nitrogens with zero attached hydrogens (tertiary/aromatic N) is 1. The zero-order valence-corrected chi connectivity index (χ0v) is 13.2. The van der Waals surface area contributed by atoms with Crippen LogP contribution in [0.1, 0.15) is 27.0 Å². The molecule has 0 heterocycles. The van der Waals surface area contributed by atoms with E-state index in [2.05, 4.69) is 0 Å². The molecule has 23 heavy (non-hydrogen) atoms. The molecule has 0 atom stereocenters. The van der Waals surface area contributed by atoms with Gasteiger partial charge in [0, 0.05) is 11.6 Å². The molecule has 2 aromatic carbocycles. The Morgan fingerprint density at radius 2 is 1.91 bits per heavy atom. The summed E-state index contributed by atoms with van der Waals surface area (Å²) in [6.07, 6.45) is 2.80. The average Bonchev–Trinajstić information content (AvgIpc) is 2.53. The molecule has 0 radical (unpaired) electrons. The first-order chi connectivity index (χ1) is 10.9. The van der Waals surface area contributed by atoms with Crippen molar-refractivity contribution in [3.8, 4) is 5.75 Å². The van der Waals surface area contributed by atoms with E-state index in [1.807, 2.05) is 6.92 Å². The number of hydrogen-bond acceptors (Lipinski definition) is 4. The van der Waals surface area contributed by atoms with Crippen LogP contribution in [0.25, 0.3) is 6.08 Å². The van der Waals surface area contributed by atoms with E-state index < -0.39 is 4.92 Å². The van der Waals surface area contributed by atoms with E-state index >= 15 is 0 Å². The fraction of sp³-hybridized carbons (Fsp3) is 0.167. The van der Waals surface area contributed by atoms with Gasteiger partial charge in [0.05, 0.1) is 17.6 Å². The van der Waals surface area contributed by atoms with Crippen molar-refractivity contribution in [1.82, 2.24) is 0 Å². The third-order valence-corrected chi connectivity index (χ3v) is 3.49. The molecule has 0 amide bonds. The van der Waals surface area contributed by atoms with Gasteiger partial charge in [-0.05, 0) is 49.3 Å². The van der Waals surface area contributed by atoms with Crippen LogP contribution < -0.4 is 4.74 Å². The number of benzene rings is 2. The summed E-state index contributed by atoms with van der Waals surface area (Å²) in [5.41, 5.74) is 2.58. The number of carbonyl (C=O) groups excluding carboxylic acids is 1. The van der Waals surface area contributed by atoms with Crippen molar-refractivity contribution in [3.05, 3.63) is 74.8 Å². The van der Waals surface area contributed by atoms with E-state index in [-0.39, 0.29) is 11.5 Å². The van der Waals surface area contributed by atoms with Gasteiger partial charge in [0.2, 0.25) is 0 Å². The maximum absolute atomic E-state index is 12.2. The molecular formula is C18H17NO4. The van der Waals surface area contributed by atoms with E-state index in [1.165, 1.54) is 18.2 Å². The van der Waals surface area contributed by atoms with Crippen molar-refractivity contribution in [2.24, 2.45) is 0 Å². The lowest BCUT2D eigenvalue weighted by Crippen LogP contribution is -1.97. The number of aryl methyl sites for hydroxylation is 2. The molecule has 0 aliphatic heterocycles. The van der Waals surface area contributed by atoms with Crippen LogP contribution in [0.3, 0.4) is 0 Å². The van der Waals surface area contributed by atoms with Gasteiger partial charge >= 0.3 is 0 Å². The molecule has 0 spiro atoms. The summed E-state index contributed by atoms with van der Waals surface area (Å²) >= 11 is 0. The first-order valence-corrected chi connectivity index (χ1v) is 7.04. The van der Waals surface area contributed by atoms with Crippen LogP contribution in [0, 0.1) is 24.0 Å². The molecule has 5 nitrogen and oxygen atoms in total. The van der Waals surface area contributed by atoms with Crippen LogP contribution >= 0.6 is 0 Å². The van der Waals surface area contributed by atoms with Crippen LogP contribution in [-0.2, 0) is 0 Å². The first-order valence-electron chi connectivity index (χ1n) is 7.04. The van der Waals surface area contributed by atoms with Crippen molar-refractivity contribution in [1.29, 1.82) is 0 Å². The first kappa shape index (κ1) is 16.4. The van der Waals surface area contributed by atoms with Gasteiger partial charge in [0.1, 0.15) is 5.75 Å². The minimum atomic E-state index is -0.452. The summed E-state index contributed by atoms with van der Waals surface area (Å²) in [4.78, 5) is 22.9. The number of rotatable bonds is 5. The molecule has 2 rings (SSSR count). The Balaban J connectivity index is 2.30. The minimum Gasteiger partial charge on any atom is -0.496 e. The van der Waals surface area contributed by atoms with Gasteiger partial charge in [-0.25, -0.2) is 0 Å². The number of allylic oxidation sites excluding steroid dienone is 1. The van der Waals surface area contributed by atoms with E-state index in [0.717, 1.165) is 11.1 Å². The molecule has 0 aromatic heterocycles. The number of nitro benzene ring substituents is 1. The lowest BCUT2D eigenvalue weighted by atomic mass is 10.1. The van der Waals surface area contributed by atoms with Gasteiger partial charge in [-0.15, -0.1) is 0 Å². The predicted octanol–water partition coefficient (Wildman–Crippen LogP) is 4.12. The highest BCUT2D eigenvalue weighted by atomic mass is 16.6. The number of hydrogen-bond donors (Lipinski definition) is 0. The second-order valence-corrected chi connectivity index (χ2v) is 5.20. The van der Waals surface area contributed by atoms with E-state index in [1.54, 1.807) is 44.4 Å². The van der Waals surface area contributed by atoms with Crippen LogP contribution in [-0.4, -0.2) is 17.8 Å². The lowest BCUT2D eigenvalue weighted by molar-refractivity contribution is -0.385. The monoisotopic (exact) mass is 311 g/mol. The minimum absolute atomic E-state index is 0.0180. The average molecular weight is 311 g/mol. The zero-order valence-electron chi connectivity index (χ0n) is 13.2. The quantitative estimate of drug-likeness (QED) is 0.360. The standard InChI is InChI=1S/C18H17NO4/c1-12-4-6-14(16(10-12)19(21)22)8-9-17(20)15-7-5-13(2)18(11-15)23-3/h4-11H,1-3H3/b9-8+. The Labute approximate surface area is 134 Å². The normalized spacial score (nSPS) is 10.7. The predicted molar refractivity (Wildman–Crippen MR) is 88.9 cm³/mol. The molecule has 0 aliphatic rings. The zero-order chi connectivity index (χ0) is 17.0. The molecule has 0 saturated carbocycles. The summed E-state index contributed by atoms with van der Waals surface area (Å²) in [7, 11) is 1.54. The second kappa shape index (κ2) is 6.87. The number of ether oxygens (including phenoxy) is 1. The summed E-state index contributed by atoms with van der Waals surface area (Å²) in [6.45, 7) is 3.67. The second-order valence-electron chi connectivity index (χ2n) is 5.20. The molecule has 0 aliphatic carbocycles. The number of methoxy groups -OCH3 is 1. The SMILES string of the molecule is COc1cc(C(=O)/C=C/c2ccc(C)cc2[N+](=O)[O-])ccc1C. The highest BCUT2D eigenvalue weighted by Crippen LogP contribution is 2.23. The van der Waals surface area contributed by atoms with Crippen molar-refractivity contribution < 1.29 is 14.5 Å².